The number of nitrogens with one attached hydrogen (secondary N) is 1. The number of hydrogen-bond donors (Lipinski definition) is 4. The molecule has 0 spiro atoms. The highest BCUT2D eigenvalue weighted by Crippen LogP contribution is 2.34. The Bertz CT molecular complexity index is 720. The standard InChI is InChI=1S/C10H8N2O3S.C3H9NO/c13-8-6-4-2-1-3-5(4)16-9(6)12-7(11-8)10(14)15;1-3(4)2-5/h1-3H2,(H,14,15)(H,11,12,13);3,5H,2,4H2,1H3/t;3-/m.0/s1. The van der Waals surface area contributed by atoms with Gasteiger partial charge >= 0.3 is 5.97 Å². The first kappa shape index (κ1) is 15.6. The van der Waals surface area contributed by atoms with Gasteiger partial charge in [-0.15, -0.1) is 11.3 Å². The number of aliphatic hydroxyl groups is 1. The van der Waals surface area contributed by atoms with Crippen LogP contribution in [0.5, 0.6) is 0 Å². The van der Waals surface area contributed by atoms with Gasteiger partial charge in [0.1, 0.15) is 4.83 Å². The molecular formula is C13H17N3O4S. The number of fused-ring (bicyclic) bond motifs is 3. The first-order valence-electron chi connectivity index (χ1n) is 6.58. The molecule has 0 radical (unpaired) electrons. The number of aryl methyl sites for hydroxylation is 2. The Labute approximate surface area is 124 Å². The van der Waals surface area contributed by atoms with E-state index >= 15 is 0 Å². The molecule has 3 rings (SSSR count). The zero-order chi connectivity index (χ0) is 15.6. The van der Waals surface area contributed by atoms with E-state index in [0.29, 0.717) is 10.2 Å². The Hall–Kier alpha value is -1.77. The molecule has 0 unspecified atom stereocenters. The number of aromatic amines is 1. The molecule has 7 nitrogen and oxygen atoms in total. The van der Waals surface area contributed by atoms with Crippen LogP contribution in [-0.4, -0.2) is 38.8 Å². The van der Waals surface area contributed by atoms with Crippen molar-refractivity contribution in [3.05, 3.63) is 26.6 Å². The molecule has 0 fully saturated rings. The van der Waals surface area contributed by atoms with Crippen LogP contribution in [-0.2, 0) is 12.8 Å². The fraction of sp³-hybridized carbons (Fsp3) is 0.462. The molecule has 8 heteroatoms. The van der Waals surface area contributed by atoms with Crippen LogP contribution < -0.4 is 11.3 Å². The van der Waals surface area contributed by atoms with Crippen LogP contribution in [0, 0.1) is 0 Å². The molecule has 1 atom stereocenters. The maximum Gasteiger partial charge on any atom is 0.372 e. The Morgan fingerprint density at radius 2 is 2.19 bits per heavy atom. The molecule has 21 heavy (non-hydrogen) atoms. The van der Waals surface area contributed by atoms with Crippen LogP contribution in [0.1, 0.15) is 34.4 Å². The van der Waals surface area contributed by atoms with Crippen molar-refractivity contribution in [1.29, 1.82) is 0 Å². The molecule has 2 heterocycles. The maximum atomic E-state index is 11.8. The number of thiophene rings is 1. The number of rotatable bonds is 2. The van der Waals surface area contributed by atoms with E-state index in [-0.39, 0.29) is 24.0 Å². The number of aromatic nitrogens is 2. The van der Waals surface area contributed by atoms with Crippen molar-refractivity contribution < 1.29 is 15.0 Å². The van der Waals surface area contributed by atoms with Gasteiger partial charge in [0.05, 0.1) is 12.0 Å². The number of carboxylic acid groups (broad SMARTS) is 1. The fourth-order valence-electron chi connectivity index (χ4n) is 2.10. The fourth-order valence-corrected chi connectivity index (χ4v) is 3.37. The van der Waals surface area contributed by atoms with Gasteiger partial charge in [-0.25, -0.2) is 9.78 Å². The minimum absolute atomic E-state index is 0.0602. The van der Waals surface area contributed by atoms with E-state index < -0.39 is 5.97 Å². The summed E-state index contributed by atoms with van der Waals surface area (Å²) in [5, 5.41) is 17.4. The number of carbonyl (C=O) groups is 1. The average Bonchev–Trinajstić information content (AvgIpc) is 2.98. The van der Waals surface area contributed by atoms with Crippen molar-refractivity contribution in [3.63, 3.8) is 0 Å². The van der Waals surface area contributed by atoms with Crippen LogP contribution in [0.15, 0.2) is 4.79 Å². The van der Waals surface area contributed by atoms with Crippen LogP contribution in [0.2, 0.25) is 0 Å². The van der Waals surface area contributed by atoms with Crippen molar-refractivity contribution in [2.75, 3.05) is 6.61 Å². The van der Waals surface area contributed by atoms with E-state index in [1.807, 2.05) is 0 Å². The van der Waals surface area contributed by atoms with Gasteiger partial charge in [0.25, 0.3) is 5.56 Å². The summed E-state index contributed by atoms with van der Waals surface area (Å²) in [7, 11) is 0. The first-order chi connectivity index (χ1) is 9.93. The molecule has 5 N–H and O–H groups in total. The Morgan fingerprint density at radius 1 is 1.52 bits per heavy atom. The lowest BCUT2D eigenvalue weighted by Gasteiger charge is -1.95. The summed E-state index contributed by atoms with van der Waals surface area (Å²) in [4.78, 5) is 30.5. The van der Waals surface area contributed by atoms with Crippen molar-refractivity contribution >= 4 is 27.5 Å². The number of carboxylic acids is 1. The largest absolute Gasteiger partial charge is 0.475 e. The third kappa shape index (κ3) is 3.29. The molecule has 0 aliphatic heterocycles. The summed E-state index contributed by atoms with van der Waals surface area (Å²) in [6.45, 7) is 1.83. The lowest BCUT2D eigenvalue weighted by atomic mass is 10.2. The molecule has 0 aromatic carbocycles. The van der Waals surface area contributed by atoms with Crippen LogP contribution in [0.25, 0.3) is 10.2 Å². The highest BCUT2D eigenvalue weighted by molar-refractivity contribution is 7.18. The second-order valence-corrected chi connectivity index (χ2v) is 6.00. The summed E-state index contributed by atoms with van der Waals surface area (Å²) in [5.74, 6) is -1.48. The molecule has 0 saturated heterocycles. The first-order valence-corrected chi connectivity index (χ1v) is 7.40. The quantitative estimate of drug-likeness (QED) is 0.639. The van der Waals surface area contributed by atoms with Crippen LogP contribution >= 0.6 is 11.3 Å². The maximum absolute atomic E-state index is 11.8. The molecule has 1 aliphatic carbocycles. The molecule has 2 aromatic rings. The number of hydrogen-bond acceptors (Lipinski definition) is 6. The predicted octanol–water partition coefficient (Wildman–Crippen LogP) is 0.497. The SMILES string of the molecule is C[C@H](N)CO.O=C(O)c1nc2sc3c(c2c(=O)[nH]1)CCC3. The third-order valence-electron chi connectivity index (χ3n) is 3.07. The number of H-pyrrole nitrogens is 1. The van der Waals surface area contributed by atoms with Gasteiger partial charge in [-0.05, 0) is 31.7 Å². The minimum atomic E-state index is -1.20. The Balaban J connectivity index is 0.000000282. The van der Waals surface area contributed by atoms with Crippen molar-refractivity contribution in [1.82, 2.24) is 9.97 Å². The van der Waals surface area contributed by atoms with Crippen molar-refractivity contribution in [3.8, 4) is 0 Å². The second kappa shape index (κ2) is 6.33. The topological polar surface area (TPSA) is 129 Å². The van der Waals surface area contributed by atoms with E-state index in [0.717, 1.165) is 24.8 Å². The molecule has 0 saturated carbocycles. The second-order valence-electron chi connectivity index (χ2n) is 4.92. The molecule has 0 bridgehead atoms. The number of nitrogens with zero attached hydrogens (tertiary/aromatic N) is 1. The van der Waals surface area contributed by atoms with E-state index in [1.165, 1.54) is 16.2 Å². The smallest absolute Gasteiger partial charge is 0.372 e. The van der Waals surface area contributed by atoms with Gasteiger partial charge in [-0.1, -0.05) is 0 Å². The van der Waals surface area contributed by atoms with E-state index in [4.69, 9.17) is 15.9 Å². The predicted molar refractivity (Wildman–Crippen MR) is 80.0 cm³/mol. The number of aromatic carboxylic acids is 1. The van der Waals surface area contributed by atoms with Gasteiger partial charge in [0.2, 0.25) is 5.82 Å². The van der Waals surface area contributed by atoms with Gasteiger partial charge in [-0.3, -0.25) is 4.79 Å². The lowest BCUT2D eigenvalue weighted by Crippen LogP contribution is -2.18. The van der Waals surface area contributed by atoms with Crippen LogP contribution in [0.3, 0.4) is 0 Å². The van der Waals surface area contributed by atoms with Crippen molar-refractivity contribution in [2.45, 2.75) is 32.2 Å². The van der Waals surface area contributed by atoms with E-state index in [1.54, 1.807) is 6.92 Å². The Kier molecular flexibility index (Phi) is 4.71. The number of nitrogens with two attached hydrogens (primary N) is 1. The van der Waals surface area contributed by atoms with E-state index in [9.17, 15) is 9.59 Å². The number of aliphatic hydroxyl groups excluding tert-OH is 1. The molecule has 1 aliphatic rings. The molecular weight excluding hydrogens is 294 g/mol. The zero-order valence-corrected chi connectivity index (χ0v) is 12.4. The van der Waals surface area contributed by atoms with Gasteiger partial charge in [-0.2, -0.15) is 0 Å². The summed E-state index contributed by atoms with van der Waals surface area (Å²) >= 11 is 1.44. The van der Waals surface area contributed by atoms with Gasteiger partial charge in [0.15, 0.2) is 0 Å². The third-order valence-corrected chi connectivity index (χ3v) is 4.25. The van der Waals surface area contributed by atoms with Crippen molar-refractivity contribution in [2.24, 2.45) is 5.73 Å². The lowest BCUT2D eigenvalue weighted by molar-refractivity contribution is 0.0683. The highest BCUT2D eigenvalue weighted by atomic mass is 32.1. The summed E-state index contributed by atoms with van der Waals surface area (Å²) in [6, 6.07) is -0.0602. The van der Waals surface area contributed by atoms with E-state index in [2.05, 4.69) is 9.97 Å². The molecule has 114 valence electrons. The summed E-state index contributed by atoms with van der Waals surface area (Å²) < 4.78 is 0. The van der Waals surface area contributed by atoms with Gasteiger partial charge in [0, 0.05) is 10.9 Å². The van der Waals surface area contributed by atoms with Crippen LogP contribution in [0.4, 0.5) is 0 Å². The summed E-state index contributed by atoms with van der Waals surface area (Å²) in [6.07, 6.45) is 2.93. The Morgan fingerprint density at radius 3 is 2.76 bits per heavy atom. The normalized spacial score (nSPS) is 14.4. The molecule has 0 amide bonds. The molecule has 2 aromatic heterocycles. The zero-order valence-electron chi connectivity index (χ0n) is 11.5. The minimum Gasteiger partial charge on any atom is -0.475 e. The highest BCUT2D eigenvalue weighted by Gasteiger charge is 2.21. The van der Waals surface area contributed by atoms with Gasteiger partial charge < -0.3 is 20.9 Å². The monoisotopic (exact) mass is 311 g/mol. The summed E-state index contributed by atoms with van der Waals surface area (Å²) in [5.41, 5.74) is 5.77. The average molecular weight is 311 g/mol.